The molecule has 6 aromatic rings. The van der Waals surface area contributed by atoms with E-state index in [1.54, 1.807) is 0 Å². The molecule has 0 bridgehead atoms. The van der Waals surface area contributed by atoms with Gasteiger partial charge in [-0.15, -0.1) is 0 Å². The Hall–Kier alpha value is -4.39. The minimum atomic E-state index is -0.552. The Morgan fingerprint density at radius 3 is 1.26 bits per heavy atom. The quantitative estimate of drug-likeness (QED) is 0.220. The highest BCUT2D eigenvalue weighted by atomic mass is 35.5. The van der Waals surface area contributed by atoms with Crippen LogP contribution in [0.3, 0.4) is 0 Å². The molecule has 0 atom stereocenters. The minimum absolute atomic E-state index is 0.552. The van der Waals surface area contributed by atoms with Gasteiger partial charge in [-0.3, -0.25) is 0 Å². The first-order chi connectivity index (χ1) is 18.8. The molecule has 180 valence electrons. The summed E-state index contributed by atoms with van der Waals surface area (Å²) >= 11 is 6.65. The zero-order valence-corrected chi connectivity index (χ0v) is 21.6. The van der Waals surface area contributed by atoms with Gasteiger partial charge in [-0.2, -0.15) is 0 Å². The molecule has 7 rings (SSSR count). The van der Waals surface area contributed by atoms with Gasteiger partial charge in [0.25, 0.3) is 0 Å². The first-order valence-electron chi connectivity index (χ1n) is 13.0. The van der Waals surface area contributed by atoms with Gasteiger partial charge < -0.3 is 0 Å². The van der Waals surface area contributed by atoms with Gasteiger partial charge in [0.05, 0.1) is 5.41 Å². The highest BCUT2D eigenvalue weighted by Crippen LogP contribution is 2.54. The van der Waals surface area contributed by atoms with E-state index in [0.29, 0.717) is 0 Å². The molecule has 0 aliphatic heterocycles. The third-order valence-corrected chi connectivity index (χ3v) is 8.09. The first kappa shape index (κ1) is 22.8. The van der Waals surface area contributed by atoms with Crippen LogP contribution in [0.25, 0.3) is 33.4 Å². The van der Waals surface area contributed by atoms with Crippen molar-refractivity contribution < 1.29 is 0 Å². The number of benzene rings is 6. The van der Waals surface area contributed by atoms with Crippen LogP contribution >= 0.6 is 11.6 Å². The summed E-state index contributed by atoms with van der Waals surface area (Å²) in [6.07, 6.45) is 0. The van der Waals surface area contributed by atoms with Crippen molar-refractivity contribution in [2.45, 2.75) is 5.41 Å². The summed E-state index contributed by atoms with van der Waals surface area (Å²) in [5, 5.41) is 0.737. The molecule has 0 amide bonds. The molecule has 0 radical (unpaired) electrons. The van der Waals surface area contributed by atoms with Crippen LogP contribution in [0.5, 0.6) is 0 Å². The maximum Gasteiger partial charge on any atom is 0.0713 e. The summed E-state index contributed by atoms with van der Waals surface area (Å²) in [5.41, 5.74) is 11.6. The molecule has 0 saturated heterocycles. The molecular weight excluding hydrogens is 480 g/mol. The standard InChI is InChI=1S/C37H25Cl/c38-28-23-24-31-33-20-10-12-22-36(33)37(26-13-3-1-4-14-26,27-15-5-2-6-16-27)35-21-11-9-19-32(35)29-17-7-8-18-30(29)34(31)25-28/h1-25H. The Morgan fingerprint density at radius 1 is 0.342 bits per heavy atom. The lowest BCUT2D eigenvalue weighted by molar-refractivity contribution is 0.749. The fourth-order valence-electron chi connectivity index (χ4n) is 6.33. The van der Waals surface area contributed by atoms with E-state index in [9.17, 15) is 0 Å². The average Bonchev–Trinajstić information content (AvgIpc) is 3.02. The summed E-state index contributed by atoms with van der Waals surface area (Å²) in [6.45, 7) is 0. The van der Waals surface area contributed by atoms with Gasteiger partial charge in [0.2, 0.25) is 0 Å². The Bertz CT molecular complexity index is 1730. The summed E-state index contributed by atoms with van der Waals surface area (Å²) in [7, 11) is 0. The van der Waals surface area contributed by atoms with E-state index < -0.39 is 5.41 Å². The molecule has 0 aromatic heterocycles. The van der Waals surface area contributed by atoms with Crippen LogP contribution < -0.4 is 0 Å². The zero-order valence-electron chi connectivity index (χ0n) is 20.8. The molecule has 0 fully saturated rings. The van der Waals surface area contributed by atoms with Crippen LogP contribution in [-0.4, -0.2) is 0 Å². The zero-order chi connectivity index (χ0) is 25.5. The van der Waals surface area contributed by atoms with E-state index in [0.717, 1.165) is 10.6 Å². The number of hydrogen-bond donors (Lipinski definition) is 0. The maximum absolute atomic E-state index is 6.65. The third-order valence-electron chi connectivity index (χ3n) is 7.85. The number of fused-ring (bicyclic) bond motifs is 7. The predicted octanol–water partition coefficient (Wildman–Crippen LogP) is 10.0. The predicted molar refractivity (Wildman–Crippen MR) is 160 cm³/mol. The van der Waals surface area contributed by atoms with Gasteiger partial charge in [-0.1, -0.05) is 151 Å². The molecule has 0 nitrogen and oxygen atoms in total. The largest absolute Gasteiger partial charge is 0.0843 e. The molecule has 6 aromatic carbocycles. The molecule has 1 aliphatic rings. The molecule has 0 heterocycles. The third kappa shape index (κ3) is 3.38. The highest BCUT2D eigenvalue weighted by molar-refractivity contribution is 6.31. The Labute approximate surface area is 228 Å². The fourth-order valence-corrected chi connectivity index (χ4v) is 6.50. The van der Waals surface area contributed by atoms with Gasteiger partial charge in [0.15, 0.2) is 0 Å². The monoisotopic (exact) mass is 504 g/mol. The lowest BCUT2D eigenvalue weighted by Crippen LogP contribution is -2.32. The smallest absolute Gasteiger partial charge is 0.0713 e. The van der Waals surface area contributed by atoms with Gasteiger partial charge in [0, 0.05) is 5.02 Å². The van der Waals surface area contributed by atoms with Crippen molar-refractivity contribution in [3.63, 3.8) is 0 Å². The molecule has 0 spiro atoms. The summed E-state index contributed by atoms with van der Waals surface area (Å²) in [4.78, 5) is 0. The second-order valence-electron chi connectivity index (χ2n) is 9.81. The van der Waals surface area contributed by atoms with Crippen LogP contribution in [0.1, 0.15) is 22.3 Å². The second-order valence-corrected chi connectivity index (χ2v) is 10.2. The lowest BCUT2D eigenvalue weighted by atomic mass is 9.62. The van der Waals surface area contributed by atoms with E-state index in [-0.39, 0.29) is 0 Å². The van der Waals surface area contributed by atoms with Crippen molar-refractivity contribution >= 4 is 11.6 Å². The SMILES string of the molecule is Clc1ccc2c(c1)-c1ccccc1-c1ccccc1C(c1ccccc1)(c1ccccc1)c1ccccc1-2. The van der Waals surface area contributed by atoms with Crippen LogP contribution in [0.2, 0.25) is 5.02 Å². The highest BCUT2D eigenvalue weighted by Gasteiger charge is 2.42. The maximum atomic E-state index is 6.65. The normalized spacial score (nSPS) is 13.1. The number of rotatable bonds is 2. The van der Waals surface area contributed by atoms with E-state index >= 15 is 0 Å². The molecule has 1 heteroatoms. The number of hydrogen-bond acceptors (Lipinski definition) is 0. The molecule has 0 N–H and O–H groups in total. The summed E-state index contributed by atoms with van der Waals surface area (Å²) < 4.78 is 0. The van der Waals surface area contributed by atoms with Crippen LogP contribution in [0.15, 0.2) is 152 Å². The first-order valence-corrected chi connectivity index (χ1v) is 13.4. The molecule has 1 aliphatic carbocycles. The van der Waals surface area contributed by atoms with Crippen molar-refractivity contribution in [3.8, 4) is 33.4 Å². The van der Waals surface area contributed by atoms with Gasteiger partial charge >= 0.3 is 0 Å². The van der Waals surface area contributed by atoms with E-state index in [1.165, 1.54) is 50.1 Å². The van der Waals surface area contributed by atoms with Crippen LogP contribution in [0.4, 0.5) is 0 Å². The van der Waals surface area contributed by atoms with Gasteiger partial charge in [-0.25, -0.2) is 0 Å². The van der Waals surface area contributed by atoms with Crippen molar-refractivity contribution in [1.29, 1.82) is 0 Å². The Balaban J connectivity index is 1.78. The van der Waals surface area contributed by atoms with Gasteiger partial charge in [-0.05, 0) is 67.8 Å². The van der Waals surface area contributed by atoms with Crippen molar-refractivity contribution in [1.82, 2.24) is 0 Å². The topological polar surface area (TPSA) is 0 Å². The van der Waals surface area contributed by atoms with E-state index in [2.05, 4.69) is 146 Å². The van der Waals surface area contributed by atoms with Crippen molar-refractivity contribution in [2.75, 3.05) is 0 Å². The van der Waals surface area contributed by atoms with Crippen molar-refractivity contribution in [2.24, 2.45) is 0 Å². The minimum Gasteiger partial charge on any atom is -0.0843 e. The Kier molecular flexibility index (Phi) is 5.50. The van der Waals surface area contributed by atoms with E-state index in [4.69, 9.17) is 11.6 Å². The van der Waals surface area contributed by atoms with Gasteiger partial charge in [0.1, 0.15) is 0 Å². The summed E-state index contributed by atoms with van der Waals surface area (Å²) in [6, 6.07) is 54.7. The number of halogens is 1. The van der Waals surface area contributed by atoms with Crippen LogP contribution in [0, 0.1) is 0 Å². The second kappa shape index (κ2) is 9.17. The summed E-state index contributed by atoms with van der Waals surface area (Å²) in [5.74, 6) is 0. The molecule has 0 unspecified atom stereocenters. The fraction of sp³-hybridized carbons (Fsp3) is 0.0270. The molecular formula is C37H25Cl. The average molecular weight is 505 g/mol. The van der Waals surface area contributed by atoms with E-state index in [1.807, 2.05) is 6.07 Å². The molecule has 38 heavy (non-hydrogen) atoms. The lowest BCUT2D eigenvalue weighted by Gasteiger charge is -2.39. The van der Waals surface area contributed by atoms with Crippen LogP contribution in [-0.2, 0) is 5.41 Å². The van der Waals surface area contributed by atoms with Crippen molar-refractivity contribution in [3.05, 3.63) is 179 Å². The molecule has 0 saturated carbocycles. The Morgan fingerprint density at radius 2 is 0.737 bits per heavy atom.